The Hall–Kier alpha value is -1.75. The van der Waals surface area contributed by atoms with Crippen LogP contribution in [0.5, 0.6) is 0 Å². The van der Waals surface area contributed by atoms with Gasteiger partial charge in [-0.2, -0.15) is 0 Å². The molecule has 2 aliphatic heterocycles. The van der Waals surface area contributed by atoms with Crippen LogP contribution < -0.4 is 4.90 Å². The van der Waals surface area contributed by atoms with Crippen LogP contribution in [0.1, 0.15) is 36.0 Å². The minimum Gasteiger partial charge on any atom is -0.478 e. The van der Waals surface area contributed by atoms with Crippen LogP contribution in [-0.2, 0) is 0 Å². The Morgan fingerprint density at radius 3 is 2.15 bits per heavy atom. The predicted octanol–water partition coefficient (Wildman–Crippen LogP) is 4.99. The Bertz CT molecular complexity index is 758. The summed E-state index contributed by atoms with van der Waals surface area (Å²) < 4.78 is 0. The van der Waals surface area contributed by atoms with Crippen molar-refractivity contribution in [2.24, 2.45) is 0 Å². The monoisotopic (exact) mass is 408 g/mol. The van der Waals surface area contributed by atoms with Gasteiger partial charge < -0.3 is 14.9 Å². The van der Waals surface area contributed by atoms with E-state index in [1.165, 1.54) is 12.8 Å². The van der Waals surface area contributed by atoms with Gasteiger partial charge in [0, 0.05) is 29.5 Å². The summed E-state index contributed by atoms with van der Waals surface area (Å²) in [7, 11) is 2.25. The molecule has 2 aliphatic rings. The zero-order valence-electron chi connectivity index (χ0n) is 15.3. The maximum Gasteiger partial charge on any atom is 0.335 e. The molecule has 1 N–H and O–H groups in total. The van der Waals surface area contributed by atoms with Crippen molar-refractivity contribution in [2.75, 3.05) is 11.9 Å². The first-order valence-corrected chi connectivity index (χ1v) is 9.03. The smallest absolute Gasteiger partial charge is 0.335 e. The summed E-state index contributed by atoms with van der Waals surface area (Å²) in [5, 5.41) is 9.38. The molecule has 146 valence electrons. The largest absolute Gasteiger partial charge is 0.478 e. The summed E-state index contributed by atoms with van der Waals surface area (Å²) in [5.41, 5.74) is 2.45. The lowest BCUT2D eigenvalue weighted by Crippen LogP contribution is -2.47. The number of piperidine rings is 1. The summed E-state index contributed by atoms with van der Waals surface area (Å²) in [6.07, 6.45) is 4.79. The highest BCUT2D eigenvalue weighted by atomic mass is 35.5. The van der Waals surface area contributed by atoms with E-state index < -0.39 is 5.97 Å². The van der Waals surface area contributed by atoms with E-state index in [0.29, 0.717) is 23.7 Å². The van der Waals surface area contributed by atoms with Gasteiger partial charge in [-0.05, 0) is 63.1 Å². The van der Waals surface area contributed by atoms with Gasteiger partial charge in [-0.3, -0.25) is 0 Å². The lowest BCUT2D eigenvalue weighted by atomic mass is 9.95. The van der Waals surface area contributed by atoms with Crippen molar-refractivity contribution in [2.45, 2.75) is 43.8 Å². The van der Waals surface area contributed by atoms with E-state index in [9.17, 15) is 9.90 Å². The van der Waals surface area contributed by atoms with Gasteiger partial charge in [0.25, 0.3) is 0 Å². The van der Waals surface area contributed by atoms with Gasteiger partial charge in [0.15, 0.2) is 0 Å². The molecule has 2 bridgehead atoms. The zero-order valence-corrected chi connectivity index (χ0v) is 17.0. The van der Waals surface area contributed by atoms with Gasteiger partial charge in [-0.1, -0.05) is 24.3 Å². The number of hydrogen-bond donors (Lipinski definition) is 1. The number of fused-ring (bicyclic) bond motifs is 2. The number of halogens is 2. The lowest BCUT2D eigenvalue weighted by Gasteiger charge is -2.43. The van der Waals surface area contributed by atoms with Crippen molar-refractivity contribution in [3.63, 3.8) is 0 Å². The van der Waals surface area contributed by atoms with E-state index in [2.05, 4.69) is 29.0 Å². The minimum absolute atomic E-state index is 0. The number of carbonyl (C=O) groups is 1. The molecule has 27 heavy (non-hydrogen) atoms. The first-order valence-electron chi connectivity index (χ1n) is 9.03. The summed E-state index contributed by atoms with van der Waals surface area (Å²) in [6, 6.07) is 19.4. The van der Waals surface area contributed by atoms with E-state index in [-0.39, 0.29) is 24.8 Å². The SMILES string of the molecule is CN1C2CCC1CC(N(c1ccccc1)c1cccc(C(=O)O)c1)C2.Cl.Cl. The molecule has 0 radical (unpaired) electrons. The quantitative estimate of drug-likeness (QED) is 0.773. The molecule has 2 heterocycles. The zero-order chi connectivity index (χ0) is 17.4. The first-order chi connectivity index (χ1) is 12.1. The Labute approximate surface area is 173 Å². The third-order valence-corrected chi connectivity index (χ3v) is 5.84. The second-order valence-electron chi connectivity index (χ2n) is 7.24. The Kier molecular flexibility index (Phi) is 7.15. The number of anilines is 2. The van der Waals surface area contributed by atoms with E-state index >= 15 is 0 Å². The molecule has 4 rings (SSSR count). The Morgan fingerprint density at radius 2 is 1.56 bits per heavy atom. The Morgan fingerprint density at radius 1 is 0.963 bits per heavy atom. The van der Waals surface area contributed by atoms with Gasteiger partial charge in [0.05, 0.1) is 5.56 Å². The van der Waals surface area contributed by atoms with Crippen LogP contribution in [-0.4, -0.2) is 41.1 Å². The predicted molar refractivity (Wildman–Crippen MR) is 114 cm³/mol. The van der Waals surface area contributed by atoms with Crippen LogP contribution in [0.2, 0.25) is 0 Å². The van der Waals surface area contributed by atoms with E-state index in [0.717, 1.165) is 24.2 Å². The van der Waals surface area contributed by atoms with Crippen LogP contribution in [0.15, 0.2) is 54.6 Å². The van der Waals surface area contributed by atoms with Crippen LogP contribution in [0.3, 0.4) is 0 Å². The molecule has 2 saturated heterocycles. The maximum absolute atomic E-state index is 11.4. The summed E-state index contributed by atoms with van der Waals surface area (Å²) in [4.78, 5) is 16.3. The average molecular weight is 409 g/mol. The Balaban J connectivity index is 0.00000131. The van der Waals surface area contributed by atoms with Crippen molar-refractivity contribution in [3.05, 3.63) is 60.2 Å². The second kappa shape index (κ2) is 8.96. The molecular formula is C21H26Cl2N2O2. The molecule has 0 spiro atoms. The first kappa shape index (κ1) is 21.5. The third-order valence-electron chi connectivity index (χ3n) is 5.84. The van der Waals surface area contributed by atoms with Crippen molar-refractivity contribution in [1.29, 1.82) is 0 Å². The number of carboxylic acids is 1. The third kappa shape index (κ3) is 4.23. The number of rotatable bonds is 4. The number of carboxylic acid groups (broad SMARTS) is 1. The standard InChI is InChI=1S/C21H24N2O2.2ClH/c1-22-17-10-11-18(22)14-20(13-17)23(16-7-3-2-4-8-16)19-9-5-6-15(12-19)21(24)25;;/h2-9,12,17-18,20H,10-11,13-14H2,1H3,(H,24,25);2*1H. The molecule has 2 unspecified atom stereocenters. The van der Waals surface area contributed by atoms with Crippen LogP contribution >= 0.6 is 24.8 Å². The number of aromatic carboxylic acids is 1. The molecule has 2 atom stereocenters. The summed E-state index contributed by atoms with van der Waals surface area (Å²) in [5.74, 6) is -0.877. The topological polar surface area (TPSA) is 43.8 Å². The normalized spacial score (nSPS) is 23.8. The molecule has 2 aromatic carbocycles. The number of benzene rings is 2. The fraction of sp³-hybridized carbons (Fsp3) is 0.381. The van der Waals surface area contributed by atoms with Crippen LogP contribution in [0.25, 0.3) is 0 Å². The number of nitrogens with zero attached hydrogens (tertiary/aromatic N) is 2. The lowest BCUT2D eigenvalue weighted by molar-refractivity contribution is 0.0697. The fourth-order valence-corrected chi connectivity index (χ4v) is 4.54. The highest BCUT2D eigenvalue weighted by Gasteiger charge is 2.40. The van der Waals surface area contributed by atoms with Crippen molar-refractivity contribution >= 4 is 42.2 Å². The van der Waals surface area contributed by atoms with Gasteiger partial charge in [0.1, 0.15) is 0 Å². The molecule has 0 saturated carbocycles. The maximum atomic E-state index is 11.4. The van der Waals surface area contributed by atoms with Gasteiger partial charge in [-0.15, -0.1) is 24.8 Å². The fourth-order valence-electron chi connectivity index (χ4n) is 4.54. The number of para-hydroxylation sites is 1. The minimum atomic E-state index is -0.877. The van der Waals surface area contributed by atoms with Gasteiger partial charge in [0.2, 0.25) is 0 Å². The van der Waals surface area contributed by atoms with Gasteiger partial charge in [-0.25, -0.2) is 4.79 Å². The van der Waals surface area contributed by atoms with Crippen LogP contribution in [0, 0.1) is 0 Å². The van der Waals surface area contributed by atoms with E-state index in [1.54, 1.807) is 12.1 Å². The molecule has 0 aromatic heterocycles. The molecule has 2 fully saturated rings. The molecular weight excluding hydrogens is 383 g/mol. The van der Waals surface area contributed by atoms with Crippen molar-refractivity contribution in [1.82, 2.24) is 4.90 Å². The van der Waals surface area contributed by atoms with E-state index in [4.69, 9.17) is 0 Å². The molecule has 2 aromatic rings. The molecule has 6 heteroatoms. The molecule has 4 nitrogen and oxygen atoms in total. The van der Waals surface area contributed by atoms with Crippen molar-refractivity contribution < 1.29 is 9.90 Å². The summed E-state index contributed by atoms with van der Waals surface area (Å²) >= 11 is 0. The highest BCUT2D eigenvalue weighted by Crippen LogP contribution is 2.40. The van der Waals surface area contributed by atoms with Crippen LogP contribution in [0.4, 0.5) is 11.4 Å². The van der Waals surface area contributed by atoms with E-state index in [1.807, 2.05) is 30.3 Å². The van der Waals surface area contributed by atoms with Gasteiger partial charge >= 0.3 is 5.97 Å². The van der Waals surface area contributed by atoms with Crippen molar-refractivity contribution in [3.8, 4) is 0 Å². The highest BCUT2D eigenvalue weighted by molar-refractivity contribution is 5.89. The molecule has 0 aliphatic carbocycles. The summed E-state index contributed by atoms with van der Waals surface area (Å²) in [6.45, 7) is 0. The second-order valence-corrected chi connectivity index (χ2v) is 7.24. The number of hydrogen-bond acceptors (Lipinski definition) is 3. The molecule has 0 amide bonds. The average Bonchev–Trinajstić information content (AvgIpc) is 2.84.